The van der Waals surface area contributed by atoms with E-state index in [9.17, 15) is 50.6 Å². The highest BCUT2D eigenvalue weighted by Crippen LogP contribution is 2.31. The van der Waals surface area contributed by atoms with E-state index in [1.165, 1.54) is 52.4 Å². The number of thiocyanates is 1. The molecule has 8 aromatic rings. The van der Waals surface area contributed by atoms with Gasteiger partial charge in [-0.15, -0.1) is 22.7 Å². The molecule has 8 rings (SSSR count). The lowest BCUT2D eigenvalue weighted by Crippen LogP contribution is -1.97. The lowest BCUT2D eigenvalue weighted by atomic mass is 10.3. The number of hydrogen-bond donors (Lipinski definition) is 2. The van der Waals surface area contributed by atoms with Crippen molar-refractivity contribution in [2.45, 2.75) is 9.79 Å². The normalized spacial score (nSPS) is 10.8. The Balaban J connectivity index is 0.000000208. The van der Waals surface area contributed by atoms with Gasteiger partial charge in [0.25, 0.3) is 20.4 Å². The Kier molecular flexibility index (Phi) is 20.5. The molecule has 3 aromatic heterocycles. The van der Waals surface area contributed by atoms with Gasteiger partial charge in [-0.05, 0) is 48.5 Å². The SMILES string of the molecule is Fc1cccc2ncsc12.N#CSc1c(F)cccc1[N+](=O)[O-].Nc1c(F)cccc1[N+](=O)[O-].Nc1nc2cccc(F)c2s1.O=S(=O)(Cl)c1ccc(F)c2scnc12.O=S([O-])OCl. The van der Waals surface area contributed by atoms with Crippen LogP contribution in [0.15, 0.2) is 106 Å². The molecule has 0 aliphatic rings. The first-order valence-corrected chi connectivity index (χ1v) is 23.0. The molecule has 17 nitrogen and oxygen atoms in total. The zero-order chi connectivity index (χ0) is 47.7. The minimum atomic E-state index is -3.87. The highest BCUT2D eigenvalue weighted by atomic mass is 35.7. The molecule has 336 valence electrons. The molecule has 0 bridgehead atoms. The number of halogens is 7. The fourth-order valence-corrected chi connectivity index (χ4v) is 8.06. The van der Waals surface area contributed by atoms with Crippen LogP contribution in [-0.2, 0) is 24.1 Å². The third kappa shape index (κ3) is 15.2. The molecule has 0 amide bonds. The number of hydrogen-bond acceptors (Lipinski definition) is 19. The number of nitrogen functional groups attached to an aromatic ring is 2. The number of nitro groups is 2. The van der Waals surface area contributed by atoms with E-state index in [1.807, 2.05) is 0 Å². The zero-order valence-corrected chi connectivity index (χ0v) is 37.3. The Labute approximate surface area is 384 Å². The predicted octanol–water partition coefficient (Wildman–Crippen LogP) is 10.4. The minimum absolute atomic E-state index is 0.0880. The number of rotatable bonds is 5. The summed E-state index contributed by atoms with van der Waals surface area (Å²) >= 11 is 5.65. The van der Waals surface area contributed by atoms with Gasteiger partial charge in [-0.1, -0.05) is 35.6 Å². The Morgan fingerprint density at radius 2 is 1.25 bits per heavy atom. The van der Waals surface area contributed by atoms with Gasteiger partial charge in [0.2, 0.25) is 0 Å². The molecule has 5 aromatic carbocycles. The van der Waals surface area contributed by atoms with Crippen LogP contribution in [0.5, 0.6) is 0 Å². The van der Waals surface area contributed by atoms with Gasteiger partial charge in [0.05, 0.1) is 57.9 Å². The summed E-state index contributed by atoms with van der Waals surface area (Å²) in [5.74, 6) is -2.44. The van der Waals surface area contributed by atoms with Crippen molar-refractivity contribution in [3.63, 3.8) is 0 Å². The third-order valence-corrected chi connectivity index (χ3v) is 12.0. The van der Waals surface area contributed by atoms with Gasteiger partial charge < -0.3 is 16.0 Å². The van der Waals surface area contributed by atoms with Gasteiger partial charge in [0, 0.05) is 34.6 Å². The first-order valence-electron chi connectivity index (χ1n) is 16.0. The van der Waals surface area contributed by atoms with E-state index < -0.39 is 59.1 Å². The van der Waals surface area contributed by atoms with Crippen molar-refractivity contribution in [1.29, 1.82) is 5.26 Å². The molecule has 3 heterocycles. The molecule has 0 spiro atoms. The van der Waals surface area contributed by atoms with Gasteiger partial charge >= 0.3 is 0 Å². The molecular weight excluding hydrogens is 1020 g/mol. The number of thiazole rings is 3. The van der Waals surface area contributed by atoms with Gasteiger partial charge in [0.1, 0.15) is 61.0 Å². The molecule has 0 saturated heterocycles. The summed E-state index contributed by atoms with van der Waals surface area (Å²) in [5, 5.41) is 30.8. The summed E-state index contributed by atoms with van der Waals surface area (Å²) in [5.41, 5.74) is 13.7. The van der Waals surface area contributed by atoms with Crippen molar-refractivity contribution >= 4 is 142 Å². The summed E-state index contributed by atoms with van der Waals surface area (Å²) in [6.45, 7) is 0. The molecular formula is C34H20Cl2F5N8O9S6-. The van der Waals surface area contributed by atoms with Gasteiger partial charge in [-0.2, -0.15) is 9.00 Å². The van der Waals surface area contributed by atoms with Crippen LogP contribution >= 0.6 is 68.3 Å². The topological polar surface area (TPSA) is 284 Å². The maximum atomic E-state index is 13.1. The molecule has 1 atom stereocenters. The van der Waals surface area contributed by atoms with Gasteiger partial charge in [-0.25, -0.2) is 49.5 Å². The number of fused-ring (bicyclic) bond motifs is 3. The maximum Gasteiger partial charge on any atom is 0.295 e. The standard InChI is InChI=1S/C7H3ClFNO2S2.C7H3FN2O2S.C7H5FN2S.C7H4FNS.C6H5FN2O2.ClHO3S/c8-14(11,12)5-2-1-4(9)7-6(5)10-3-13-7;8-5-2-1-3-6(10(11)12)7(5)13-4-9;8-4-2-1-3-5-6(4)11-7(9)10-5;8-5-2-1-3-6-7(5)10-4-9-6;7-4-2-1-3-5(6(4)8)9(10)11;1-4-5(2)3/h1-3H;1-3H;1-3H,(H2,9,10);1-4H;1-3H,8H2;(H,2,3)/p-1. The first kappa shape index (κ1) is 52.6. The summed E-state index contributed by atoms with van der Waals surface area (Å²) in [4.78, 5) is 30.3. The van der Waals surface area contributed by atoms with Crippen molar-refractivity contribution < 1.29 is 52.7 Å². The summed E-state index contributed by atoms with van der Waals surface area (Å²) in [6, 6.07) is 18.8. The third-order valence-electron chi connectivity index (χ3n) is 6.92. The number of thioether (sulfide) groups is 1. The number of nitrogens with zero attached hydrogens (tertiary/aromatic N) is 6. The summed E-state index contributed by atoms with van der Waals surface area (Å²) in [6.07, 6.45) is 0. The molecule has 0 saturated carbocycles. The Morgan fingerprint density at radius 1 is 0.750 bits per heavy atom. The van der Waals surface area contributed by atoms with Crippen molar-refractivity contribution in [2.75, 3.05) is 11.5 Å². The summed E-state index contributed by atoms with van der Waals surface area (Å²) in [7, 11) is 1.29. The largest absolute Gasteiger partial charge is 0.749 e. The van der Waals surface area contributed by atoms with Crippen molar-refractivity contribution in [3.8, 4) is 5.40 Å². The Bertz CT molecular complexity index is 3090. The number of nitriles is 1. The van der Waals surface area contributed by atoms with Crippen LogP contribution in [0.1, 0.15) is 0 Å². The lowest BCUT2D eigenvalue weighted by molar-refractivity contribution is -0.388. The first-order chi connectivity index (χ1) is 30.2. The number of nitro benzene ring substituents is 2. The molecule has 0 aliphatic carbocycles. The average Bonchev–Trinajstić information content (AvgIpc) is 4.02. The fourth-order valence-electron chi connectivity index (χ4n) is 4.35. The molecule has 64 heavy (non-hydrogen) atoms. The second-order valence-electron chi connectivity index (χ2n) is 10.8. The number of aromatic nitrogens is 3. The van der Waals surface area contributed by atoms with E-state index in [4.69, 9.17) is 36.2 Å². The minimum Gasteiger partial charge on any atom is -0.749 e. The highest BCUT2D eigenvalue weighted by molar-refractivity contribution is 8.14. The van der Waals surface area contributed by atoms with Crippen LogP contribution < -0.4 is 11.5 Å². The number of nitrogens with two attached hydrogens (primary N) is 2. The smallest absolute Gasteiger partial charge is 0.295 e. The molecule has 1 unspecified atom stereocenters. The average molecular weight is 1040 g/mol. The van der Waals surface area contributed by atoms with E-state index in [0.717, 1.165) is 53.3 Å². The van der Waals surface area contributed by atoms with Gasteiger partial charge in [-0.3, -0.25) is 20.2 Å². The summed E-state index contributed by atoms with van der Waals surface area (Å²) < 4.78 is 109. The Morgan fingerprint density at radius 3 is 1.78 bits per heavy atom. The van der Waals surface area contributed by atoms with Crippen LogP contribution in [0.2, 0.25) is 0 Å². The number of para-hydroxylation sites is 1. The van der Waals surface area contributed by atoms with Crippen LogP contribution in [0.4, 0.5) is 44.1 Å². The van der Waals surface area contributed by atoms with Crippen molar-refractivity contribution in [2.24, 2.45) is 0 Å². The number of benzene rings is 5. The van der Waals surface area contributed by atoms with E-state index in [2.05, 4.69) is 30.6 Å². The van der Waals surface area contributed by atoms with Crippen molar-refractivity contribution in [1.82, 2.24) is 15.0 Å². The second kappa shape index (κ2) is 24.9. The predicted molar refractivity (Wildman–Crippen MR) is 234 cm³/mol. The van der Waals surface area contributed by atoms with Crippen LogP contribution in [-0.4, -0.2) is 42.0 Å². The molecule has 4 N–H and O–H groups in total. The monoisotopic (exact) mass is 1040 g/mol. The highest BCUT2D eigenvalue weighted by Gasteiger charge is 2.19. The maximum absolute atomic E-state index is 13.1. The number of anilines is 2. The molecule has 0 radical (unpaired) electrons. The van der Waals surface area contributed by atoms with Gasteiger partial charge in [0.15, 0.2) is 10.9 Å². The van der Waals surface area contributed by atoms with Crippen LogP contribution in [0.3, 0.4) is 0 Å². The molecule has 30 heteroatoms. The van der Waals surface area contributed by atoms with E-state index >= 15 is 0 Å². The van der Waals surface area contributed by atoms with E-state index in [0.29, 0.717) is 31.8 Å². The Hall–Kier alpha value is -5.74. The quantitative estimate of drug-likeness (QED) is 0.0237. The van der Waals surface area contributed by atoms with Crippen LogP contribution in [0, 0.1) is 60.0 Å². The lowest BCUT2D eigenvalue weighted by Gasteiger charge is -1.97. The van der Waals surface area contributed by atoms with E-state index in [1.54, 1.807) is 35.2 Å². The molecule has 0 fully saturated rings. The van der Waals surface area contributed by atoms with Crippen LogP contribution in [0.25, 0.3) is 30.6 Å². The molecule has 0 aliphatic heterocycles. The second-order valence-corrected chi connectivity index (χ2v) is 17.8. The van der Waals surface area contributed by atoms with E-state index in [-0.39, 0.29) is 37.3 Å². The zero-order valence-electron chi connectivity index (χ0n) is 30.8. The van der Waals surface area contributed by atoms with Crippen molar-refractivity contribution in [3.05, 3.63) is 145 Å². The fraction of sp³-hybridized carbons (Fsp3) is 0.